The number of fused-ring (bicyclic) bond motifs is 1. The Bertz CT molecular complexity index is 714. The van der Waals surface area contributed by atoms with Crippen LogP contribution in [0.25, 0.3) is 10.9 Å². The molecule has 1 aliphatic rings. The van der Waals surface area contributed by atoms with Gasteiger partial charge in [0.25, 0.3) is 0 Å². The van der Waals surface area contributed by atoms with Crippen molar-refractivity contribution in [1.29, 1.82) is 0 Å². The van der Waals surface area contributed by atoms with Crippen LogP contribution in [0.3, 0.4) is 0 Å². The van der Waals surface area contributed by atoms with Crippen LogP contribution in [0.2, 0.25) is 0 Å². The van der Waals surface area contributed by atoms with Crippen LogP contribution in [-0.4, -0.2) is 59.1 Å². The van der Waals surface area contributed by atoms with Crippen LogP contribution in [0.15, 0.2) is 18.2 Å². The normalized spacial score (nSPS) is 15.7. The fraction of sp³-hybridized carbons (Fsp3) is 0.438. The van der Waals surface area contributed by atoms with E-state index in [0.29, 0.717) is 10.9 Å². The zero-order valence-electron chi connectivity index (χ0n) is 13.0. The van der Waals surface area contributed by atoms with E-state index in [4.69, 9.17) is 9.47 Å². The van der Waals surface area contributed by atoms with E-state index in [0.717, 1.165) is 38.4 Å². The van der Waals surface area contributed by atoms with Crippen LogP contribution in [-0.2, 0) is 16.0 Å². The number of carbonyl (C=O) groups is 1. The van der Waals surface area contributed by atoms with Crippen LogP contribution in [0.1, 0.15) is 23.0 Å². The molecule has 0 atom stereocenters. The fourth-order valence-electron chi connectivity index (χ4n) is 2.59. The topological polar surface area (TPSA) is 84.8 Å². The maximum Gasteiger partial charge on any atom is 0.362 e. The molecule has 7 nitrogen and oxygen atoms in total. The van der Waals surface area contributed by atoms with Crippen LogP contribution in [0.5, 0.6) is 5.75 Å². The Morgan fingerprint density at radius 1 is 1.35 bits per heavy atom. The van der Waals surface area contributed by atoms with Crippen molar-refractivity contribution in [2.24, 2.45) is 0 Å². The zero-order chi connectivity index (χ0) is 16.2. The number of esters is 1. The quantitative estimate of drug-likeness (QED) is 0.852. The second-order valence-corrected chi connectivity index (χ2v) is 5.36. The van der Waals surface area contributed by atoms with Gasteiger partial charge in [0, 0.05) is 25.0 Å². The number of aromatic hydroxyl groups is 1. The molecule has 2 aromatic rings. The number of aromatic nitrogens is 2. The van der Waals surface area contributed by atoms with Gasteiger partial charge in [0.15, 0.2) is 5.75 Å². The minimum absolute atomic E-state index is 0.150. The number of hydrogen-bond acceptors (Lipinski definition) is 7. The molecule has 7 heteroatoms. The number of hydrogen-bond donors (Lipinski definition) is 1. The van der Waals surface area contributed by atoms with Crippen molar-refractivity contribution in [1.82, 2.24) is 15.1 Å². The van der Waals surface area contributed by atoms with Crippen LogP contribution >= 0.6 is 0 Å². The van der Waals surface area contributed by atoms with Crippen LogP contribution < -0.4 is 0 Å². The molecule has 1 fully saturated rings. The largest absolute Gasteiger partial charge is 0.505 e. The van der Waals surface area contributed by atoms with Crippen molar-refractivity contribution in [2.75, 3.05) is 32.9 Å². The highest BCUT2D eigenvalue weighted by atomic mass is 16.5. The van der Waals surface area contributed by atoms with Gasteiger partial charge in [-0.3, -0.25) is 4.90 Å². The lowest BCUT2D eigenvalue weighted by atomic mass is 10.1. The Kier molecular flexibility index (Phi) is 4.68. The van der Waals surface area contributed by atoms with E-state index in [1.807, 2.05) is 12.1 Å². The summed E-state index contributed by atoms with van der Waals surface area (Å²) in [6.07, 6.45) is 0. The summed E-state index contributed by atoms with van der Waals surface area (Å²) in [6, 6.07) is 5.60. The molecule has 1 aromatic carbocycles. The molecule has 2 heterocycles. The molecular formula is C16H19N3O4. The first-order chi connectivity index (χ1) is 11.2. The molecule has 23 heavy (non-hydrogen) atoms. The maximum absolute atomic E-state index is 11.8. The van der Waals surface area contributed by atoms with Crippen molar-refractivity contribution < 1.29 is 19.4 Å². The van der Waals surface area contributed by atoms with E-state index < -0.39 is 5.97 Å². The molecule has 1 N–H and O–H groups in total. The third-order valence-electron chi connectivity index (χ3n) is 3.78. The number of nitrogens with zero attached hydrogens (tertiary/aromatic N) is 3. The predicted molar refractivity (Wildman–Crippen MR) is 83.3 cm³/mol. The Morgan fingerprint density at radius 2 is 2.13 bits per heavy atom. The first-order valence-corrected chi connectivity index (χ1v) is 7.64. The molecule has 0 unspecified atom stereocenters. The molecule has 0 radical (unpaired) electrons. The predicted octanol–water partition coefficient (Wildman–Crippen LogP) is 1.34. The summed E-state index contributed by atoms with van der Waals surface area (Å²) in [5.41, 5.74) is 1.43. The van der Waals surface area contributed by atoms with Crippen molar-refractivity contribution in [2.45, 2.75) is 13.5 Å². The monoisotopic (exact) mass is 317 g/mol. The van der Waals surface area contributed by atoms with Gasteiger partial charge in [-0.2, -0.15) is 0 Å². The Hall–Kier alpha value is -2.25. The second kappa shape index (κ2) is 6.89. The minimum Gasteiger partial charge on any atom is -0.505 e. The van der Waals surface area contributed by atoms with Gasteiger partial charge in [-0.15, -0.1) is 10.2 Å². The summed E-state index contributed by atoms with van der Waals surface area (Å²) in [4.78, 5) is 14.1. The number of rotatable bonds is 4. The number of carbonyl (C=O) groups excluding carboxylic acids is 1. The summed E-state index contributed by atoms with van der Waals surface area (Å²) in [7, 11) is 0. The van der Waals surface area contributed by atoms with Crippen molar-refractivity contribution in [3.8, 4) is 5.75 Å². The molecule has 1 saturated heterocycles. The first-order valence-electron chi connectivity index (χ1n) is 7.64. The lowest BCUT2D eigenvalue weighted by molar-refractivity contribution is 0.0342. The Labute approximate surface area is 133 Å². The van der Waals surface area contributed by atoms with Gasteiger partial charge in [-0.25, -0.2) is 4.79 Å². The van der Waals surface area contributed by atoms with E-state index in [1.54, 1.807) is 13.0 Å². The molecule has 122 valence electrons. The van der Waals surface area contributed by atoms with Gasteiger partial charge in [-0.1, -0.05) is 6.07 Å². The highest BCUT2D eigenvalue weighted by molar-refractivity contribution is 5.97. The van der Waals surface area contributed by atoms with E-state index >= 15 is 0 Å². The van der Waals surface area contributed by atoms with Gasteiger partial charge >= 0.3 is 5.97 Å². The van der Waals surface area contributed by atoms with Crippen molar-refractivity contribution >= 4 is 16.9 Å². The van der Waals surface area contributed by atoms with Gasteiger partial charge in [0.1, 0.15) is 0 Å². The summed E-state index contributed by atoms with van der Waals surface area (Å²) in [5.74, 6) is -0.852. The second-order valence-electron chi connectivity index (χ2n) is 5.36. The van der Waals surface area contributed by atoms with Crippen molar-refractivity contribution in [3.63, 3.8) is 0 Å². The number of ether oxygens (including phenoxy) is 2. The van der Waals surface area contributed by atoms with E-state index in [2.05, 4.69) is 15.1 Å². The maximum atomic E-state index is 11.8. The highest BCUT2D eigenvalue weighted by Gasteiger charge is 2.19. The SMILES string of the molecule is CCOC(=O)c1nnc2ccc(CN3CCOCC3)cc2c1O. The van der Waals surface area contributed by atoms with E-state index in [-0.39, 0.29) is 18.1 Å². The van der Waals surface area contributed by atoms with Gasteiger partial charge in [0.2, 0.25) is 5.69 Å². The number of benzene rings is 1. The highest BCUT2D eigenvalue weighted by Crippen LogP contribution is 2.27. The van der Waals surface area contributed by atoms with Gasteiger partial charge in [0.05, 0.1) is 25.3 Å². The molecule has 0 saturated carbocycles. The molecule has 0 spiro atoms. The van der Waals surface area contributed by atoms with Crippen LogP contribution in [0, 0.1) is 0 Å². The molecule has 0 bridgehead atoms. The average Bonchev–Trinajstić information content (AvgIpc) is 2.57. The van der Waals surface area contributed by atoms with Crippen LogP contribution in [0.4, 0.5) is 0 Å². The molecule has 0 aliphatic carbocycles. The average molecular weight is 317 g/mol. The molecule has 0 amide bonds. The third kappa shape index (κ3) is 3.40. The first kappa shape index (κ1) is 15.6. The smallest absolute Gasteiger partial charge is 0.362 e. The molecule has 1 aromatic heterocycles. The Morgan fingerprint density at radius 3 is 2.87 bits per heavy atom. The standard InChI is InChI=1S/C16H19N3O4/c1-2-23-16(21)14-15(20)12-9-11(3-4-13(12)17-18-14)10-19-5-7-22-8-6-19/h3-4,9H,2,5-8,10H2,1H3,(H,17,20). The van der Waals surface area contributed by atoms with E-state index in [1.165, 1.54) is 0 Å². The number of morpholine rings is 1. The summed E-state index contributed by atoms with van der Waals surface area (Å²) >= 11 is 0. The lowest BCUT2D eigenvalue weighted by Gasteiger charge is -2.26. The molecular weight excluding hydrogens is 298 g/mol. The third-order valence-corrected chi connectivity index (χ3v) is 3.78. The summed E-state index contributed by atoms with van der Waals surface area (Å²) < 4.78 is 10.2. The lowest BCUT2D eigenvalue weighted by Crippen LogP contribution is -2.35. The minimum atomic E-state index is -0.669. The van der Waals surface area contributed by atoms with Crippen molar-refractivity contribution in [3.05, 3.63) is 29.5 Å². The molecule has 1 aliphatic heterocycles. The summed E-state index contributed by atoms with van der Waals surface area (Å²) in [6.45, 7) is 5.91. The fourth-order valence-corrected chi connectivity index (χ4v) is 2.59. The summed E-state index contributed by atoms with van der Waals surface area (Å²) in [5, 5.41) is 18.6. The zero-order valence-corrected chi connectivity index (χ0v) is 13.0. The van der Waals surface area contributed by atoms with Gasteiger partial charge < -0.3 is 14.6 Å². The van der Waals surface area contributed by atoms with Gasteiger partial charge in [-0.05, 0) is 24.6 Å². The van der Waals surface area contributed by atoms with E-state index in [9.17, 15) is 9.90 Å². The Balaban J connectivity index is 1.90. The molecule has 3 rings (SSSR count).